The Hall–Kier alpha value is -2.22. The molecule has 1 aliphatic heterocycles. The molecule has 1 aromatic rings. The maximum absolute atomic E-state index is 12.4. The molecule has 1 aromatic carbocycles. The van der Waals surface area contributed by atoms with Crippen molar-refractivity contribution in [3.63, 3.8) is 0 Å². The number of ether oxygens (including phenoxy) is 2. The van der Waals surface area contributed by atoms with Gasteiger partial charge >= 0.3 is 5.97 Å². The molecule has 0 fully saturated rings. The largest absolute Gasteiger partial charge is 0.491 e. The van der Waals surface area contributed by atoms with Crippen LogP contribution in [0.2, 0.25) is 0 Å². The van der Waals surface area contributed by atoms with Crippen LogP contribution in [0.15, 0.2) is 24.3 Å². The van der Waals surface area contributed by atoms with Gasteiger partial charge in [0.2, 0.25) is 11.8 Å². The van der Waals surface area contributed by atoms with E-state index in [0.717, 1.165) is 0 Å². The highest BCUT2D eigenvalue weighted by molar-refractivity contribution is 7.98. The fourth-order valence-corrected chi connectivity index (χ4v) is 2.98. The number of carbonyl (C=O) groups excluding carboxylic acids is 3. The maximum atomic E-state index is 12.4. The molecular weight excluding hydrogens is 344 g/mol. The van der Waals surface area contributed by atoms with Gasteiger partial charge in [0.25, 0.3) is 0 Å². The molecule has 0 aromatic heterocycles. The summed E-state index contributed by atoms with van der Waals surface area (Å²) in [6.07, 6.45) is 2.57. The molecule has 136 valence electrons. The van der Waals surface area contributed by atoms with Crippen molar-refractivity contribution in [3.05, 3.63) is 24.3 Å². The standard InChI is InChI=1S/C17H22N2O5S/c1-23-17(22)12(8-10-25-2)18-15(20)11-19-13-5-3-4-6-14(13)24-9-7-16(19)21/h3-6,12H,7-11H2,1-2H3,(H,18,20)/t12-/m0/s1. The Bertz CT molecular complexity index is 637. The van der Waals surface area contributed by atoms with Gasteiger partial charge in [-0.2, -0.15) is 11.8 Å². The summed E-state index contributed by atoms with van der Waals surface area (Å²) in [4.78, 5) is 37.9. The van der Waals surface area contributed by atoms with E-state index >= 15 is 0 Å². The van der Waals surface area contributed by atoms with E-state index in [2.05, 4.69) is 5.32 Å². The van der Waals surface area contributed by atoms with Crippen LogP contribution in [0.3, 0.4) is 0 Å². The lowest BCUT2D eigenvalue weighted by Gasteiger charge is -2.23. The van der Waals surface area contributed by atoms with Crippen molar-refractivity contribution in [1.82, 2.24) is 5.32 Å². The highest BCUT2D eigenvalue weighted by Gasteiger charge is 2.27. The number of hydrogen-bond acceptors (Lipinski definition) is 6. The quantitative estimate of drug-likeness (QED) is 0.730. The molecule has 0 spiro atoms. The fourth-order valence-electron chi connectivity index (χ4n) is 2.50. The second-order valence-corrected chi connectivity index (χ2v) is 6.46. The van der Waals surface area contributed by atoms with Crippen molar-refractivity contribution in [3.8, 4) is 5.75 Å². The van der Waals surface area contributed by atoms with Crippen LogP contribution in [0.25, 0.3) is 0 Å². The van der Waals surface area contributed by atoms with Crippen LogP contribution in [0.1, 0.15) is 12.8 Å². The summed E-state index contributed by atoms with van der Waals surface area (Å²) in [5, 5.41) is 2.66. The van der Waals surface area contributed by atoms with Gasteiger partial charge in [-0.15, -0.1) is 0 Å². The molecule has 1 heterocycles. The molecule has 0 unspecified atom stereocenters. The first-order valence-corrected chi connectivity index (χ1v) is 9.34. The molecule has 1 aliphatic rings. The molecule has 2 amide bonds. The third-order valence-corrected chi connectivity index (χ3v) is 4.41. The lowest BCUT2D eigenvalue weighted by Crippen LogP contribution is -2.47. The van der Waals surface area contributed by atoms with Gasteiger partial charge in [0.15, 0.2) is 0 Å². The molecule has 0 radical (unpaired) electrons. The first kappa shape index (κ1) is 19.1. The van der Waals surface area contributed by atoms with Crippen LogP contribution in [0.5, 0.6) is 5.75 Å². The zero-order valence-electron chi connectivity index (χ0n) is 14.3. The van der Waals surface area contributed by atoms with E-state index in [0.29, 0.717) is 23.6 Å². The van der Waals surface area contributed by atoms with Crippen LogP contribution in [-0.2, 0) is 19.1 Å². The molecule has 1 atom stereocenters. The number of anilines is 1. The smallest absolute Gasteiger partial charge is 0.328 e. The van der Waals surface area contributed by atoms with Gasteiger partial charge in [0, 0.05) is 0 Å². The van der Waals surface area contributed by atoms with Crippen LogP contribution in [0.4, 0.5) is 5.69 Å². The average Bonchev–Trinajstić information content (AvgIpc) is 2.77. The van der Waals surface area contributed by atoms with Gasteiger partial charge in [-0.25, -0.2) is 4.79 Å². The number of thioether (sulfide) groups is 1. The summed E-state index contributed by atoms with van der Waals surface area (Å²) in [6, 6.07) is 6.36. The van der Waals surface area contributed by atoms with E-state index in [1.807, 2.05) is 12.3 Å². The second-order valence-electron chi connectivity index (χ2n) is 5.47. The minimum absolute atomic E-state index is 0.175. The molecule has 1 N–H and O–H groups in total. The molecule has 0 saturated carbocycles. The van der Waals surface area contributed by atoms with Crippen molar-refractivity contribution in [2.45, 2.75) is 18.9 Å². The van der Waals surface area contributed by atoms with Crippen LogP contribution >= 0.6 is 11.8 Å². The minimum Gasteiger partial charge on any atom is -0.491 e. The lowest BCUT2D eigenvalue weighted by molar-refractivity contribution is -0.145. The Kier molecular flexibility index (Phi) is 7.12. The van der Waals surface area contributed by atoms with E-state index < -0.39 is 17.9 Å². The highest BCUT2D eigenvalue weighted by atomic mass is 32.2. The van der Waals surface area contributed by atoms with Crippen LogP contribution in [-0.4, -0.2) is 56.1 Å². The van der Waals surface area contributed by atoms with Gasteiger partial charge in [-0.1, -0.05) is 12.1 Å². The van der Waals surface area contributed by atoms with Gasteiger partial charge in [0.05, 0.1) is 25.8 Å². The predicted molar refractivity (Wildman–Crippen MR) is 95.9 cm³/mol. The topological polar surface area (TPSA) is 84.9 Å². The van der Waals surface area contributed by atoms with Gasteiger partial charge < -0.3 is 14.8 Å². The number of fused-ring (bicyclic) bond motifs is 1. The Morgan fingerprint density at radius 1 is 1.40 bits per heavy atom. The van der Waals surface area contributed by atoms with Crippen molar-refractivity contribution >= 4 is 35.2 Å². The molecular formula is C17H22N2O5S. The van der Waals surface area contributed by atoms with Crippen LogP contribution < -0.4 is 15.0 Å². The van der Waals surface area contributed by atoms with E-state index in [1.54, 1.807) is 30.0 Å². The number of rotatable bonds is 7. The fraction of sp³-hybridized carbons (Fsp3) is 0.471. The monoisotopic (exact) mass is 366 g/mol. The zero-order chi connectivity index (χ0) is 18.2. The molecule has 7 nitrogen and oxygen atoms in total. The van der Waals surface area contributed by atoms with Crippen LogP contribution in [0, 0.1) is 0 Å². The zero-order valence-corrected chi connectivity index (χ0v) is 15.1. The average molecular weight is 366 g/mol. The molecule has 25 heavy (non-hydrogen) atoms. The number of nitrogens with zero attached hydrogens (tertiary/aromatic N) is 1. The predicted octanol–water partition coefficient (Wildman–Crippen LogP) is 1.21. The Labute approximate surface area is 151 Å². The summed E-state index contributed by atoms with van der Waals surface area (Å²) in [7, 11) is 1.28. The summed E-state index contributed by atoms with van der Waals surface area (Å²) in [6.45, 7) is 0.0957. The van der Waals surface area contributed by atoms with E-state index in [-0.39, 0.29) is 25.5 Å². The van der Waals surface area contributed by atoms with E-state index in [4.69, 9.17) is 9.47 Å². The van der Waals surface area contributed by atoms with Crippen molar-refractivity contribution in [2.24, 2.45) is 0 Å². The number of amides is 2. The van der Waals surface area contributed by atoms with Gasteiger partial charge in [-0.3, -0.25) is 14.5 Å². The summed E-state index contributed by atoms with van der Waals surface area (Å²) in [5.41, 5.74) is 0.555. The molecule has 0 saturated heterocycles. The van der Waals surface area contributed by atoms with Crippen molar-refractivity contribution in [1.29, 1.82) is 0 Å². The molecule has 8 heteroatoms. The minimum atomic E-state index is -0.724. The van der Waals surface area contributed by atoms with Crippen molar-refractivity contribution < 1.29 is 23.9 Å². The summed E-state index contributed by atoms with van der Waals surface area (Å²) < 4.78 is 10.3. The first-order chi connectivity index (χ1) is 12.1. The number of hydrogen-bond donors (Lipinski definition) is 1. The molecule has 0 aliphatic carbocycles. The Morgan fingerprint density at radius 3 is 2.88 bits per heavy atom. The van der Waals surface area contributed by atoms with E-state index in [1.165, 1.54) is 12.0 Å². The SMILES string of the molecule is COC(=O)[C@H](CCSC)NC(=O)CN1C(=O)CCOc2ccccc21. The number of benzene rings is 1. The maximum Gasteiger partial charge on any atom is 0.328 e. The summed E-state index contributed by atoms with van der Waals surface area (Å²) in [5.74, 6) is 0.168. The van der Waals surface area contributed by atoms with E-state index in [9.17, 15) is 14.4 Å². The summed E-state index contributed by atoms with van der Waals surface area (Å²) >= 11 is 1.57. The highest BCUT2D eigenvalue weighted by Crippen LogP contribution is 2.30. The number of esters is 1. The number of para-hydroxylation sites is 2. The second kappa shape index (κ2) is 9.31. The van der Waals surface area contributed by atoms with Crippen molar-refractivity contribution in [2.75, 3.05) is 37.2 Å². The third-order valence-electron chi connectivity index (χ3n) is 3.76. The molecule has 0 bridgehead atoms. The lowest BCUT2D eigenvalue weighted by atomic mass is 10.2. The Morgan fingerprint density at radius 2 is 2.16 bits per heavy atom. The first-order valence-electron chi connectivity index (χ1n) is 7.95. The van der Waals surface area contributed by atoms with Gasteiger partial charge in [0.1, 0.15) is 18.3 Å². The normalized spacial score (nSPS) is 14.8. The molecule has 2 rings (SSSR count). The third kappa shape index (κ3) is 5.12. The number of methoxy groups -OCH3 is 1. The van der Waals surface area contributed by atoms with Gasteiger partial charge in [-0.05, 0) is 30.6 Å². The Balaban J connectivity index is 2.09. The number of carbonyl (C=O) groups is 3. The number of nitrogens with one attached hydrogen (secondary N) is 1.